The maximum atomic E-state index is 12.6. The summed E-state index contributed by atoms with van der Waals surface area (Å²) in [7, 11) is -3.86. The maximum Gasteiger partial charge on any atom is 0.301 e. The van der Waals surface area contributed by atoms with E-state index in [2.05, 4.69) is 15.3 Å². The first kappa shape index (κ1) is 21.0. The Morgan fingerprint density at radius 1 is 1.10 bits per heavy atom. The number of H-pyrrole nitrogens is 1. The molecule has 0 aliphatic rings. The van der Waals surface area contributed by atoms with Crippen LogP contribution in [-0.2, 0) is 10.0 Å². The monoisotopic (exact) mass is 447 g/mol. The zero-order valence-corrected chi connectivity index (χ0v) is 16.6. The molecule has 1 heterocycles. The first-order valence-corrected chi connectivity index (χ1v) is 9.97. The molecule has 3 rings (SSSR count). The van der Waals surface area contributed by atoms with Crippen LogP contribution in [-0.4, -0.2) is 28.2 Å². The number of primary sulfonamides is 1. The molecule has 0 fully saturated rings. The van der Waals surface area contributed by atoms with Gasteiger partial charge in [-0.25, -0.2) is 13.6 Å². The van der Waals surface area contributed by atoms with Gasteiger partial charge in [-0.15, -0.1) is 5.11 Å². The minimum atomic E-state index is -3.86. The Morgan fingerprint density at radius 3 is 2.20 bits per heavy atom. The summed E-state index contributed by atoms with van der Waals surface area (Å²) in [6, 6.07) is 10.6. The van der Waals surface area contributed by atoms with Crippen molar-refractivity contribution in [1.29, 1.82) is 0 Å². The summed E-state index contributed by atoms with van der Waals surface area (Å²) in [6.07, 6.45) is 0. The molecule has 0 saturated carbocycles. The highest BCUT2D eigenvalue weighted by atomic mass is 32.2. The van der Waals surface area contributed by atoms with E-state index < -0.39 is 20.5 Å². The van der Waals surface area contributed by atoms with Crippen LogP contribution in [0.5, 0.6) is 0 Å². The molecule has 0 amide bonds. The first-order valence-electron chi connectivity index (χ1n) is 8.02. The summed E-state index contributed by atoms with van der Waals surface area (Å²) in [5.41, 5.74) is 5.42. The average Bonchev–Trinajstić information content (AvgIpc) is 3.02. The molecule has 0 atom stereocenters. The third-order valence-corrected chi connectivity index (χ3v) is 5.00. The number of aromatic nitrogens is 2. The number of aromatic amines is 1. The Labute approximate surface area is 174 Å². The van der Waals surface area contributed by atoms with E-state index in [9.17, 15) is 23.3 Å². The van der Waals surface area contributed by atoms with Crippen molar-refractivity contribution in [2.75, 3.05) is 0 Å². The minimum Gasteiger partial charge on any atom is -0.374 e. The molecule has 0 unspecified atom stereocenters. The van der Waals surface area contributed by atoms with Gasteiger partial charge in [-0.2, -0.15) is 9.80 Å². The maximum absolute atomic E-state index is 12.6. The van der Waals surface area contributed by atoms with Crippen LogP contribution in [0, 0.1) is 10.1 Å². The number of nitro groups is 1. The molecule has 12 nitrogen and oxygen atoms in total. The Hall–Kier alpha value is -3.75. The van der Waals surface area contributed by atoms with Crippen molar-refractivity contribution >= 4 is 44.4 Å². The van der Waals surface area contributed by atoms with Crippen molar-refractivity contribution in [2.24, 2.45) is 21.1 Å². The van der Waals surface area contributed by atoms with Gasteiger partial charge in [-0.3, -0.25) is 20.0 Å². The number of nitrogens with one attached hydrogen (secondary N) is 1. The van der Waals surface area contributed by atoms with Gasteiger partial charge in [-0.1, -0.05) is 0 Å². The first-order chi connectivity index (χ1) is 14.1. The smallest absolute Gasteiger partial charge is 0.301 e. The van der Waals surface area contributed by atoms with E-state index in [1.807, 2.05) is 0 Å². The number of sulfonamides is 1. The number of nitrogens with zero attached hydrogens (tertiary/aromatic N) is 4. The summed E-state index contributed by atoms with van der Waals surface area (Å²) >= 11 is 4.83. The highest BCUT2D eigenvalue weighted by molar-refractivity contribution is 7.89. The van der Waals surface area contributed by atoms with Crippen molar-refractivity contribution < 1.29 is 13.3 Å². The van der Waals surface area contributed by atoms with Crippen LogP contribution in [0.15, 0.2) is 68.4 Å². The number of hydrogen-bond donors (Lipinski definition) is 3. The van der Waals surface area contributed by atoms with Gasteiger partial charge in [0.2, 0.25) is 10.0 Å². The number of nitro benzene ring substituents is 1. The van der Waals surface area contributed by atoms with E-state index in [1.54, 1.807) is 0 Å². The average molecular weight is 447 g/mol. The lowest BCUT2D eigenvalue weighted by molar-refractivity contribution is -0.384. The molecular formula is C16H13N7O5S2. The van der Waals surface area contributed by atoms with Crippen LogP contribution in [0.1, 0.15) is 0 Å². The van der Waals surface area contributed by atoms with Crippen LogP contribution >= 0.6 is 12.2 Å². The third-order valence-electron chi connectivity index (χ3n) is 3.88. The second kappa shape index (κ2) is 7.94. The highest BCUT2D eigenvalue weighted by Crippen LogP contribution is 2.28. The van der Waals surface area contributed by atoms with Gasteiger partial charge < -0.3 is 5.73 Å². The Balaban J connectivity index is 2.05. The van der Waals surface area contributed by atoms with Crippen molar-refractivity contribution in [1.82, 2.24) is 9.78 Å². The topological polar surface area (TPSA) is 192 Å². The molecule has 3 aromatic rings. The number of nitrogens with two attached hydrogens (primary N) is 2. The molecule has 0 saturated heterocycles. The molecule has 0 spiro atoms. The number of azo groups is 1. The van der Waals surface area contributed by atoms with E-state index in [-0.39, 0.29) is 32.8 Å². The van der Waals surface area contributed by atoms with Crippen LogP contribution in [0.3, 0.4) is 0 Å². The van der Waals surface area contributed by atoms with Crippen LogP contribution in [0.2, 0.25) is 0 Å². The molecule has 1 aromatic heterocycles. The van der Waals surface area contributed by atoms with Crippen LogP contribution in [0.25, 0.3) is 11.3 Å². The van der Waals surface area contributed by atoms with Crippen LogP contribution < -0.4 is 16.4 Å². The van der Waals surface area contributed by atoms with Crippen molar-refractivity contribution in [3.63, 3.8) is 0 Å². The Morgan fingerprint density at radius 2 is 1.70 bits per heavy atom. The second-order valence-corrected chi connectivity index (χ2v) is 7.84. The molecular weight excluding hydrogens is 434 g/mol. The lowest BCUT2D eigenvalue weighted by Crippen LogP contribution is -2.29. The zero-order chi connectivity index (χ0) is 22.1. The van der Waals surface area contributed by atoms with Gasteiger partial charge in [-0.05, 0) is 48.6 Å². The fraction of sp³-hybridized carbons (Fsp3) is 0. The Kier molecular flexibility index (Phi) is 5.55. The van der Waals surface area contributed by atoms with Gasteiger partial charge in [0, 0.05) is 17.7 Å². The van der Waals surface area contributed by atoms with E-state index in [0.29, 0.717) is 5.56 Å². The van der Waals surface area contributed by atoms with E-state index >= 15 is 0 Å². The summed E-state index contributed by atoms with van der Waals surface area (Å²) in [5, 5.41) is 26.2. The lowest BCUT2D eigenvalue weighted by atomic mass is 10.1. The fourth-order valence-corrected chi connectivity index (χ4v) is 3.08. The number of rotatable bonds is 5. The molecule has 154 valence electrons. The molecule has 2 aromatic carbocycles. The quantitative estimate of drug-likeness (QED) is 0.230. The van der Waals surface area contributed by atoms with Crippen LogP contribution in [0.4, 0.5) is 17.1 Å². The third kappa shape index (κ3) is 4.29. The van der Waals surface area contributed by atoms with E-state index in [4.69, 9.17) is 23.1 Å². The van der Waals surface area contributed by atoms with Gasteiger partial charge in [0.1, 0.15) is 0 Å². The standard InChI is InChI=1S/C16H13N7O5S2/c17-16(29)22-15(24)14(13(21-22)9-1-5-11(6-2-9)23(25)26)20-19-10-3-7-12(8-4-10)30(18,27)28/h1-8,21H,(H2,17,29)(H2,18,27,28). The fourth-order valence-electron chi connectivity index (χ4n) is 2.44. The normalized spacial score (nSPS) is 11.6. The van der Waals surface area contributed by atoms with Gasteiger partial charge in [0.05, 0.1) is 21.2 Å². The summed E-state index contributed by atoms with van der Waals surface area (Å²) in [5.74, 6) is 0. The number of non-ortho nitro benzene ring substituents is 1. The molecule has 0 aliphatic heterocycles. The van der Waals surface area contributed by atoms with Gasteiger partial charge in [0.25, 0.3) is 5.69 Å². The summed E-state index contributed by atoms with van der Waals surface area (Å²) in [6.45, 7) is 0. The van der Waals surface area contributed by atoms with E-state index in [0.717, 1.165) is 4.68 Å². The zero-order valence-electron chi connectivity index (χ0n) is 14.9. The van der Waals surface area contributed by atoms with E-state index in [1.165, 1.54) is 48.5 Å². The van der Waals surface area contributed by atoms with Crippen molar-refractivity contribution in [2.45, 2.75) is 4.90 Å². The number of benzene rings is 2. The second-order valence-electron chi connectivity index (χ2n) is 5.86. The summed E-state index contributed by atoms with van der Waals surface area (Å²) in [4.78, 5) is 22.8. The SMILES string of the molecule is NC(=S)n1[nH]c(-c2ccc([N+](=O)[O-])cc2)c(N=Nc2ccc(S(N)(=O)=O)cc2)c1=O. The van der Waals surface area contributed by atoms with Gasteiger partial charge >= 0.3 is 5.56 Å². The Bertz CT molecular complexity index is 1320. The number of thiocarbonyl (C=S) groups is 1. The van der Waals surface area contributed by atoms with Crippen molar-refractivity contribution in [3.05, 3.63) is 69.0 Å². The lowest BCUT2D eigenvalue weighted by Gasteiger charge is -2.00. The molecule has 30 heavy (non-hydrogen) atoms. The molecule has 0 bridgehead atoms. The minimum absolute atomic E-state index is 0.106. The predicted octanol–water partition coefficient (Wildman–Crippen LogP) is 1.91. The predicted molar refractivity (Wildman–Crippen MR) is 111 cm³/mol. The largest absolute Gasteiger partial charge is 0.374 e. The molecule has 14 heteroatoms. The molecule has 0 radical (unpaired) electrons. The molecule has 5 N–H and O–H groups in total. The highest BCUT2D eigenvalue weighted by Gasteiger charge is 2.18. The molecule has 0 aliphatic carbocycles. The van der Waals surface area contributed by atoms with Gasteiger partial charge in [0.15, 0.2) is 10.8 Å². The summed E-state index contributed by atoms with van der Waals surface area (Å²) < 4.78 is 23.5. The number of hydrogen-bond acceptors (Lipinski definition) is 8. The van der Waals surface area contributed by atoms with Crippen molar-refractivity contribution in [3.8, 4) is 11.3 Å².